The molecule has 0 N–H and O–H groups in total. The van der Waals surface area contributed by atoms with E-state index in [0.717, 1.165) is 19.3 Å². The summed E-state index contributed by atoms with van der Waals surface area (Å²) in [6.07, 6.45) is 4.53. The summed E-state index contributed by atoms with van der Waals surface area (Å²) in [4.78, 5) is 0. The molecule has 0 aromatic heterocycles. The van der Waals surface area contributed by atoms with Crippen LogP contribution in [0.5, 0.6) is 0 Å². The number of hydrogen-bond donors (Lipinski definition) is 0. The molecule has 0 amide bonds. The lowest BCUT2D eigenvalue weighted by atomic mass is 9.97. The highest BCUT2D eigenvalue weighted by atomic mass is 31.2. The van der Waals surface area contributed by atoms with Crippen LogP contribution in [0.1, 0.15) is 32.6 Å². The van der Waals surface area contributed by atoms with Crippen molar-refractivity contribution in [3.05, 3.63) is 0 Å². The second kappa shape index (κ2) is 6.01. The van der Waals surface area contributed by atoms with Crippen LogP contribution in [0.2, 0.25) is 19.6 Å². The van der Waals surface area contributed by atoms with E-state index in [4.69, 9.17) is 8.95 Å². The predicted octanol–water partition coefficient (Wildman–Crippen LogP) is 4.09. The summed E-state index contributed by atoms with van der Waals surface area (Å²) < 4.78 is 24.3. The van der Waals surface area contributed by atoms with Crippen LogP contribution in [0.25, 0.3) is 0 Å². The molecule has 1 aliphatic carbocycles. The molecule has 0 aromatic carbocycles. The van der Waals surface area contributed by atoms with E-state index in [-0.39, 0.29) is 11.8 Å². The van der Waals surface area contributed by atoms with E-state index in [1.54, 1.807) is 6.66 Å². The highest BCUT2D eigenvalue weighted by Gasteiger charge is 2.39. The van der Waals surface area contributed by atoms with Gasteiger partial charge in [-0.1, -0.05) is 12.8 Å². The Morgan fingerprint density at radius 1 is 1.24 bits per heavy atom. The SMILES string of the molecule is CCOP(C)(=O)C1CCCCC1O[Si](C)(C)C. The van der Waals surface area contributed by atoms with Crippen molar-refractivity contribution in [3.63, 3.8) is 0 Å². The molecule has 0 aromatic rings. The van der Waals surface area contributed by atoms with Gasteiger partial charge in [-0.15, -0.1) is 0 Å². The van der Waals surface area contributed by atoms with Gasteiger partial charge >= 0.3 is 0 Å². The summed E-state index contributed by atoms with van der Waals surface area (Å²) >= 11 is 0. The van der Waals surface area contributed by atoms with Crippen LogP contribution in [-0.2, 0) is 13.5 Å². The highest BCUT2D eigenvalue weighted by Crippen LogP contribution is 2.54. The number of rotatable bonds is 5. The third-order valence-corrected chi connectivity index (χ3v) is 6.74. The highest BCUT2D eigenvalue weighted by molar-refractivity contribution is 7.59. The minimum atomic E-state index is -2.51. The van der Waals surface area contributed by atoms with Gasteiger partial charge in [-0.05, 0) is 39.4 Å². The largest absolute Gasteiger partial charge is 0.414 e. The molecule has 0 aliphatic heterocycles. The molecule has 3 nitrogen and oxygen atoms in total. The normalized spacial score (nSPS) is 29.9. The van der Waals surface area contributed by atoms with Gasteiger partial charge in [0.05, 0.1) is 18.4 Å². The van der Waals surface area contributed by atoms with Gasteiger partial charge in [0.1, 0.15) is 0 Å². The predicted molar refractivity (Wildman–Crippen MR) is 75.6 cm³/mol. The van der Waals surface area contributed by atoms with E-state index < -0.39 is 15.7 Å². The van der Waals surface area contributed by atoms with Crippen LogP contribution in [0.3, 0.4) is 0 Å². The maximum absolute atomic E-state index is 12.6. The van der Waals surface area contributed by atoms with E-state index in [9.17, 15) is 4.57 Å². The lowest BCUT2D eigenvalue weighted by molar-refractivity contribution is 0.143. The molecule has 0 heterocycles. The Hall–Kier alpha value is 0.367. The van der Waals surface area contributed by atoms with Crippen molar-refractivity contribution in [2.24, 2.45) is 0 Å². The van der Waals surface area contributed by atoms with Crippen LogP contribution in [0, 0.1) is 0 Å². The van der Waals surface area contributed by atoms with Gasteiger partial charge in [-0.2, -0.15) is 0 Å². The van der Waals surface area contributed by atoms with Gasteiger partial charge < -0.3 is 8.95 Å². The van der Waals surface area contributed by atoms with Crippen LogP contribution in [0.4, 0.5) is 0 Å². The Kier molecular flexibility index (Phi) is 5.45. The van der Waals surface area contributed by atoms with E-state index in [0.29, 0.717) is 6.61 Å². The van der Waals surface area contributed by atoms with Gasteiger partial charge in [-0.3, -0.25) is 4.57 Å². The molecule has 0 spiro atoms. The van der Waals surface area contributed by atoms with Gasteiger partial charge in [0.15, 0.2) is 8.32 Å². The summed E-state index contributed by atoms with van der Waals surface area (Å²) in [5.41, 5.74) is 0.114. The lowest BCUT2D eigenvalue weighted by Crippen LogP contribution is -2.40. The summed E-state index contributed by atoms with van der Waals surface area (Å²) in [6, 6.07) is 0. The van der Waals surface area contributed by atoms with Crippen LogP contribution < -0.4 is 0 Å². The molecular formula is C12H27O3PSi. The molecule has 0 radical (unpaired) electrons. The van der Waals surface area contributed by atoms with Crippen molar-refractivity contribution in [2.45, 2.75) is 64.0 Å². The zero-order valence-corrected chi connectivity index (χ0v) is 13.8. The Morgan fingerprint density at radius 2 is 1.82 bits per heavy atom. The third kappa shape index (κ3) is 4.86. The molecule has 0 saturated heterocycles. The topological polar surface area (TPSA) is 35.5 Å². The first-order chi connectivity index (χ1) is 7.76. The molecule has 3 unspecified atom stereocenters. The molecule has 0 bridgehead atoms. The van der Waals surface area contributed by atoms with E-state index >= 15 is 0 Å². The molecule has 3 atom stereocenters. The maximum atomic E-state index is 12.6. The Morgan fingerprint density at radius 3 is 2.35 bits per heavy atom. The molecule has 1 saturated carbocycles. The molecule has 102 valence electrons. The summed E-state index contributed by atoms with van der Waals surface area (Å²) in [5.74, 6) is 0. The van der Waals surface area contributed by atoms with Crippen molar-refractivity contribution in [2.75, 3.05) is 13.3 Å². The molecule has 17 heavy (non-hydrogen) atoms. The van der Waals surface area contributed by atoms with Crippen LogP contribution in [0.15, 0.2) is 0 Å². The zero-order valence-electron chi connectivity index (χ0n) is 11.9. The summed E-state index contributed by atoms with van der Waals surface area (Å²) in [5, 5.41) is 0. The van der Waals surface area contributed by atoms with Gasteiger partial charge in [-0.25, -0.2) is 0 Å². The van der Waals surface area contributed by atoms with Crippen molar-refractivity contribution in [3.8, 4) is 0 Å². The fraction of sp³-hybridized carbons (Fsp3) is 1.00. The molecule has 1 fully saturated rings. The average molecular weight is 278 g/mol. The first kappa shape index (κ1) is 15.4. The van der Waals surface area contributed by atoms with Crippen LogP contribution >= 0.6 is 7.37 Å². The summed E-state index contributed by atoms with van der Waals surface area (Å²) in [7, 11) is -4.08. The van der Waals surface area contributed by atoms with Crippen LogP contribution in [-0.4, -0.2) is 33.4 Å². The van der Waals surface area contributed by atoms with E-state index in [1.165, 1.54) is 6.42 Å². The monoisotopic (exact) mass is 278 g/mol. The molecule has 5 heteroatoms. The van der Waals surface area contributed by atoms with Crippen molar-refractivity contribution in [1.29, 1.82) is 0 Å². The Balaban J connectivity index is 2.75. The van der Waals surface area contributed by atoms with Crippen molar-refractivity contribution in [1.82, 2.24) is 0 Å². The second-order valence-electron chi connectivity index (χ2n) is 5.95. The Labute approximate surface area is 107 Å². The standard InChI is InChI=1S/C12H27O3PSi/c1-6-14-16(2,13)12-10-8-7-9-11(12)15-17(3,4)5/h11-12H,6-10H2,1-5H3. The van der Waals surface area contributed by atoms with Gasteiger partial charge in [0.2, 0.25) is 7.37 Å². The third-order valence-electron chi connectivity index (χ3n) is 3.16. The number of hydrogen-bond acceptors (Lipinski definition) is 3. The minimum Gasteiger partial charge on any atom is -0.414 e. The fourth-order valence-electron chi connectivity index (χ4n) is 2.56. The second-order valence-corrected chi connectivity index (χ2v) is 13.1. The first-order valence-corrected chi connectivity index (χ1v) is 12.2. The first-order valence-electron chi connectivity index (χ1n) is 6.66. The van der Waals surface area contributed by atoms with E-state index in [2.05, 4.69) is 19.6 Å². The smallest absolute Gasteiger partial charge is 0.205 e. The maximum Gasteiger partial charge on any atom is 0.205 e. The fourth-order valence-corrected chi connectivity index (χ4v) is 6.03. The molecule has 1 aliphatic rings. The minimum absolute atomic E-state index is 0.114. The van der Waals surface area contributed by atoms with Crippen molar-refractivity contribution >= 4 is 15.7 Å². The Bertz CT molecular complexity index is 288. The molecular weight excluding hydrogens is 251 g/mol. The lowest BCUT2D eigenvalue weighted by Gasteiger charge is -2.38. The summed E-state index contributed by atoms with van der Waals surface area (Å²) in [6.45, 7) is 10.8. The van der Waals surface area contributed by atoms with Gasteiger partial charge in [0, 0.05) is 6.66 Å². The zero-order chi connectivity index (χ0) is 13.1. The quantitative estimate of drug-likeness (QED) is 0.561. The van der Waals surface area contributed by atoms with E-state index in [1.807, 2.05) is 6.92 Å². The van der Waals surface area contributed by atoms with Gasteiger partial charge in [0.25, 0.3) is 0 Å². The average Bonchev–Trinajstić information content (AvgIpc) is 2.15. The van der Waals surface area contributed by atoms with Crippen molar-refractivity contribution < 1.29 is 13.5 Å². The molecule has 1 rings (SSSR count).